The highest BCUT2D eigenvalue weighted by molar-refractivity contribution is 8.39. The number of ether oxygens (including phenoxy) is 1. The number of hydrogen-bond donors (Lipinski definition) is 0. The van der Waals surface area contributed by atoms with Crippen LogP contribution in [0.15, 0.2) is 0 Å². The van der Waals surface area contributed by atoms with Crippen LogP contribution in [0.2, 0.25) is 0 Å². The van der Waals surface area contributed by atoms with Gasteiger partial charge in [0.25, 0.3) is 0 Å². The first-order valence-electron chi connectivity index (χ1n) is 9.43. The summed E-state index contributed by atoms with van der Waals surface area (Å²) in [5, 5.41) is 9.52. The average molecular weight is 402 g/mol. The highest BCUT2D eigenvalue weighted by atomic mass is 32.2. The van der Waals surface area contributed by atoms with Gasteiger partial charge in [-0.2, -0.15) is 5.26 Å². The van der Waals surface area contributed by atoms with Gasteiger partial charge in [0.05, 0.1) is 6.07 Å². The Morgan fingerprint density at radius 2 is 1.81 bits per heavy atom. The molecule has 0 aromatic carbocycles. The van der Waals surface area contributed by atoms with E-state index in [9.17, 15) is 14.9 Å². The van der Waals surface area contributed by atoms with E-state index in [1.165, 1.54) is 11.8 Å². The van der Waals surface area contributed by atoms with Gasteiger partial charge in [-0.3, -0.25) is 9.59 Å². The molecular formula is C20H35NO3S2. The predicted octanol–water partition coefficient (Wildman–Crippen LogP) is 6.09. The van der Waals surface area contributed by atoms with Gasteiger partial charge in [-0.25, -0.2) is 0 Å². The minimum absolute atomic E-state index is 0.0345. The molecule has 6 heteroatoms. The topological polar surface area (TPSA) is 67.2 Å². The summed E-state index contributed by atoms with van der Waals surface area (Å²) in [6.45, 7) is 14.1. The molecule has 0 radical (unpaired) electrons. The highest BCUT2D eigenvalue weighted by Crippen LogP contribution is 2.36. The summed E-state index contributed by atoms with van der Waals surface area (Å²) in [6, 6.07) is 2.22. The normalized spacial score (nSPS) is 15.3. The van der Waals surface area contributed by atoms with Crippen molar-refractivity contribution in [3.8, 4) is 6.07 Å². The maximum atomic E-state index is 12.3. The second-order valence-corrected chi connectivity index (χ2v) is 10.5. The second kappa shape index (κ2) is 12.0. The molecule has 4 nitrogen and oxygen atoms in total. The highest BCUT2D eigenvalue weighted by Gasteiger charge is 2.33. The molecule has 0 fully saturated rings. The van der Waals surface area contributed by atoms with Crippen LogP contribution < -0.4 is 0 Å². The van der Waals surface area contributed by atoms with Crippen LogP contribution >= 0.6 is 23.5 Å². The van der Waals surface area contributed by atoms with E-state index in [-0.39, 0.29) is 16.7 Å². The number of nitriles is 1. The molecule has 0 aliphatic carbocycles. The van der Waals surface area contributed by atoms with Crippen molar-refractivity contribution in [3.63, 3.8) is 0 Å². The summed E-state index contributed by atoms with van der Waals surface area (Å²) in [5.41, 5.74) is -0.847. The van der Waals surface area contributed by atoms with Gasteiger partial charge in [0.15, 0.2) is 5.78 Å². The lowest BCUT2D eigenvalue weighted by molar-refractivity contribution is -0.140. The van der Waals surface area contributed by atoms with Crippen LogP contribution in [0.3, 0.4) is 0 Å². The SMILES string of the molecule is CCOC(C)(C)C(=O)CCC(C)(C#N)SC(=O)SCC(CC)CC(C)C. The zero-order valence-electron chi connectivity index (χ0n) is 17.4. The first-order valence-corrected chi connectivity index (χ1v) is 11.2. The summed E-state index contributed by atoms with van der Waals surface area (Å²) in [5.74, 6) is 1.89. The van der Waals surface area contributed by atoms with Crippen LogP contribution in [0.25, 0.3) is 0 Å². The van der Waals surface area contributed by atoms with Crippen LogP contribution in [-0.2, 0) is 9.53 Å². The average Bonchev–Trinajstić information content (AvgIpc) is 2.56. The lowest BCUT2D eigenvalue weighted by Crippen LogP contribution is -2.36. The van der Waals surface area contributed by atoms with Gasteiger partial charge in [0.1, 0.15) is 10.3 Å². The van der Waals surface area contributed by atoms with Crippen molar-refractivity contribution in [2.24, 2.45) is 11.8 Å². The molecule has 0 aromatic heterocycles. The molecule has 0 spiro atoms. The van der Waals surface area contributed by atoms with Crippen molar-refractivity contribution in [1.82, 2.24) is 0 Å². The fourth-order valence-electron chi connectivity index (χ4n) is 2.64. The molecule has 0 saturated heterocycles. The van der Waals surface area contributed by atoms with Gasteiger partial charge in [0, 0.05) is 18.8 Å². The molecule has 0 bridgehead atoms. The molecule has 2 unspecified atom stereocenters. The molecule has 0 aliphatic heterocycles. The number of ketones is 1. The van der Waals surface area contributed by atoms with Crippen LogP contribution in [0.1, 0.15) is 74.1 Å². The quantitative estimate of drug-likeness (QED) is 0.394. The molecule has 0 N–H and O–H groups in total. The number of carbonyl (C=O) groups is 2. The largest absolute Gasteiger partial charge is 0.368 e. The Bertz CT molecular complexity index is 500. The van der Waals surface area contributed by atoms with E-state index in [0.29, 0.717) is 24.9 Å². The number of hydrogen-bond acceptors (Lipinski definition) is 6. The molecule has 0 heterocycles. The fourth-order valence-corrected chi connectivity index (χ4v) is 5.00. The van der Waals surface area contributed by atoms with Crippen molar-refractivity contribution in [2.45, 2.75) is 84.5 Å². The van der Waals surface area contributed by atoms with E-state index in [0.717, 1.165) is 30.4 Å². The lowest BCUT2D eigenvalue weighted by atomic mass is 9.95. The summed E-state index contributed by atoms with van der Waals surface area (Å²) in [4.78, 5) is 24.7. The Kier molecular flexibility index (Phi) is 11.8. The van der Waals surface area contributed by atoms with E-state index >= 15 is 0 Å². The molecule has 0 rings (SSSR count). The minimum Gasteiger partial charge on any atom is -0.368 e. The van der Waals surface area contributed by atoms with E-state index in [1.807, 2.05) is 6.92 Å². The maximum absolute atomic E-state index is 12.3. The Labute approximate surface area is 168 Å². The Hall–Kier alpha value is -0.510. The van der Waals surface area contributed by atoms with Crippen LogP contribution in [0.4, 0.5) is 4.79 Å². The molecule has 2 atom stereocenters. The second-order valence-electron chi connectivity index (χ2n) is 7.78. The molecule has 0 aromatic rings. The van der Waals surface area contributed by atoms with Gasteiger partial charge >= 0.3 is 0 Å². The van der Waals surface area contributed by atoms with Gasteiger partial charge in [-0.15, -0.1) is 0 Å². The van der Waals surface area contributed by atoms with Crippen LogP contribution in [-0.4, -0.2) is 32.9 Å². The fraction of sp³-hybridized carbons (Fsp3) is 0.850. The van der Waals surface area contributed by atoms with Gasteiger partial charge in [0.2, 0.25) is 4.45 Å². The third-order valence-corrected chi connectivity index (χ3v) is 6.76. The molecule has 0 saturated carbocycles. The molecule has 26 heavy (non-hydrogen) atoms. The van der Waals surface area contributed by atoms with E-state index in [4.69, 9.17) is 4.74 Å². The number of thioether (sulfide) groups is 2. The Morgan fingerprint density at radius 1 is 1.19 bits per heavy atom. The molecule has 0 aliphatic rings. The smallest absolute Gasteiger partial charge is 0.247 e. The van der Waals surface area contributed by atoms with E-state index in [1.54, 1.807) is 20.8 Å². The number of Topliss-reactive ketones (excluding diaryl/α,β-unsaturated/α-hetero) is 1. The van der Waals surface area contributed by atoms with E-state index < -0.39 is 10.3 Å². The van der Waals surface area contributed by atoms with Crippen molar-refractivity contribution in [2.75, 3.05) is 12.4 Å². The zero-order valence-corrected chi connectivity index (χ0v) is 19.0. The first kappa shape index (κ1) is 25.5. The van der Waals surface area contributed by atoms with Crippen LogP contribution in [0.5, 0.6) is 0 Å². The van der Waals surface area contributed by atoms with E-state index in [2.05, 4.69) is 26.8 Å². The molecular weight excluding hydrogens is 366 g/mol. The van der Waals surface area contributed by atoms with Crippen molar-refractivity contribution in [1.29, 1.82) is 5.26 Å². The van der Waals surface area contributed by atoms with Crippen molar-refractivity contribution < 1.29 is 14.3 Å². The minimum atomic E-state index is -0.887. The maximum Gasteiger partial charge on any atom is 0.247 e. The van der Waals surface area contributed by atoms with Gasteiger partial charge < -0.3 is 4.74 Å². The monoisotopic (exact) mass is 401 g/mol. The predicted molar refractivity (Wildman–Crippen MR) is 113 cm³/mol. The Balaban J connectivity index is 4.59. The Morgan fingerprint density at radius 3 is 2.27 bits per heavy atom. The third-order valence-electron chi connectivity index (χ3n) is 4.37. The first-order chi connectivity index (χ1) is 12.0. The number of nitrogens with zero attached hydrogens (tertiary/aromatic N) is 1. The number of rotatable bonds is 12. The lowest BCUT2D eigenvalue weighted by Gasteiger charge is -2.25. The van der Waals surface area contributed by atoms with Gasteiger partial charge in [-0.1, -0.05) is 50.7 Å². The molecule has 150 valence electrons. The standard InChI is InChI=1S/C20H35NO3S2/c1-8-16(12-15(3)4)13-25-18(23)26-20(7,14-21)11-10-17(22)19(5,6)24-9-2/h15-16H,8-13H2,1-7H3. The number of carbonyl (C=O) groups excluding carboxylic acids is 2. The zero-order chi connectivity index (χ0) is 20.4. The van der Waals surface area contributed by atoms with Crippen molar-refractivity contribution in [3.05, 3.63) is 0 Å². The summed E-state index contributed by atoms with van der Waals surface area (Å²) < 4.78 is 4.55. The summed E-state index contributed by atoms with van der Waals surface area (Å²) >= 11 is 2.36. The summed E-state index contributed by atoms with van der Waals surface area (Å²) in [6.07, 6.45) is 2.74. The third kappa shape index (κ3) is 9.99. The summed E-state index contributed by atoms with van der Waals surface area (Å²) in [7, 11) is 0. The van der Waals surface area contributed by atoms with Crippen LogP contribution in [0, 0.1) is 23.2 Å². The molecule has 0 amide bonds. The van der Waals surface area contributed by atoms with Crippen molar-refractivity contribution >= 4 is 33.8 Å². The van der Waals surface area contributed by atoms with Gasteiger partial charge in [-0.05, 0) is 52.4 Å².